The van der Waals surface area contributed by atoms with Crippen molar-refractivity contribution in [3.05, 3.63) is 22.2 Å². The molecule has 4 nitrogen and oxygen atoms in total. The van der Waals surface area contributed by atoms with E-state index in [1.807, 2.05) is 0 Å². The molecule has 19 heavy (non-hydrogen) atoms. The van der Waals surface area contributed by atoms with E-state index in [9.17, 15) is 4.79 Å². The predicted molar refractivity (Wildman–Crippen MR) is 77.6 cm³/mol. The summed E-state index contributed by atoms with van der Waals surface area (Å²) in [6, 6.07) is 3.13. The van der Waals surface area contributed by atoms with E-state index in [0.717, 1.165) is 0 Å². The minimum Gasteiger partial charge on any atom is -0.396 e. The molecule has 3 N–H and O–H groups in total. The van der Waals surface area contributed by atoms with Gasteiger partial charge in [0.25, 0.3) is 5.91 Å². The van der Waals surface area contributed by atoms with E-state index in [1.54, 1.807) is 19.1 Å². The van der Waals surface area contributed by atoms with Crippen LogP contribution < -0.4 is 11.1 Å². The summed E-state index contributed by atoms with van der Waals surface area (Å²) in [6.45, 7) is 2.36. The molecule has 1 aromatic carbocycles. The molecule has 1 aliphatic carbocycles. The summed E-state index contributed by atoms with van der Waals surface area (Å²) in [6.07, 6.45) is 1.88. The Bertz CT molecular complexity index is 467. The number of hydrogen-bond acceptors (Lipinski definition) is 3. The number of nitrogens with one attached hydrogen (secondary N) is 1. The molecule has 0 heterocycles. The maximum Gasteiger partial charge on any atom is 0.253 e. The molecule has 104 valence electrons. The van der Waals surface area contributed by atoms with E-state index in [-0.39, 0.29) is 5.91 Å². The van der Waals surface area contributed by atoms with E-state index in [0.29, 0.717) is 33.9 Å². The third-order valence-corrected chi connectivity index (χ3v) is 3.62. The fourth-order valence-electron chi connectivity index (χ4n) is 1.54. The lowest BCUT2D eigenvalue weighted by Crippen LogP contribution is -2.28. The summed E-state index contributed by atoms with van der Waals surface area (Å²) in [5, 5.41) is 3.33. The average molecular weight is 303 g/mol. The molecule has 0 aromatic heterocycles. The Labute approximate surface area is 122 Å². The van der Waals surface area contributed by atoms with Crippen LogP contribution in [0.1, 0.15) is 19.8 Å². The molecule has 1 unspecified atom stereocenters. The lowest BCUT2D eigenvalue weighted by atomic mass is 10.2. The lowest BCUT2D eigenvalue weighted by molar-refractivity contribution is -0.126. The van der Waals surface area contributed by atoms with Gasteiger partial charge in [0.05, 0.1) is 22.3 Å². The summed E-state index contributed by atoms with van der Waals surface area (Å²) < 4.78 is 5.48. The van der Waals surface area contributed by atoms with Crippen LogP contribution in [0.15, 0.2) is 12.1 Å². The maximum atomic E-state index is 11.9. The van der Waals surface area contributed by atoms with Crippen molar-refractivity contribution in [2.24, 2.45) is 5.92 Å². The van der Waals surface area contributed by atoms with Gasteiger partial charge in [-0.05, 0) is 37.8 Å². The van der Waals surface area contributed by atoms with Crippen LogP contribution in [0, 0.1) is 5.92 Å². The van der Waals surface area contributed by atoms with Gasteiger partial charge in [-0.15, -0.1) is 0 Å². The Morgan fingerprint density at radius 1 is 1.47 bits per heavy atom. The molecule has 0 aliphatic heterocycles. The minimum absolute atomic E-state index is 0.224. The highest BCUT2D eigenvalue weighted by molar-refractivity contribution is 6.39. The normalized spacial score (nSPS) is 16.2. The van der Waals surface area contributed by atoms with Gasteiger partial charge in [0.2, 0.25) is 0 Å². The van der Waals surface area contributed by atoms with Gasteiger partial charge in [-0.1, -0.05) is 23.2 Å². The molecule has 0 radical (unpaired) electrons. The molecule has 6 heteroatoms. The summed E-state index contributed by atoms with van der Waals surface area (Å²) in [5.41, 5.74) is 6.44. The van der Waals surface area contributed by atoms with Gasteiger partial charge < -0.3 is 15.8 Å². The predicted octanol–water partition coefficient (Wildman–Crippen LogP) is 3.33. The molecule has 1 saturated carbocycles. The highest BCUT2D eigenvalue weighted by atomic mass is 35.5. The van der Waals surface area contributed by atoms with E-state index < -0.39 is 6.10 Å². The van der Waals surface area contributed by atoms with Gasteiger partial charge >= 0.3 is 0 Å². The molecule has 1 fully saturated rings. The van der Waals surface area contributed by atoms with Crippen molar-refractivity contribution in [3.8, 4) is 0 Å². The van der Waals surface area contributed by atoms with Crippen LogP contribution in [0.4, 0.5) is 11.4 Å². The first kappa shape index (κ1) is 14.4. The molecule has 0 bridgehead atoms. The SMILES string of the molecule is CC(OCC1CC1)C(=O)Nc1cc(Cl)c(N)c(Cl)c1. The largest absolute Gasteiger partial charge is 0.396 e. The number of amides is 1. The van der Waals surface area contributed by atoms with E-state index in [1.165, 1.54) is 12.8 Å². The Morgan fingerprint density at radius 3 is 2.58 bits per heavy atom. The third-order valence-electron chi connectivity index (χ3n) is 2.99. The van der Waals surface area contributed by atoms with Gasteiger partial charge in [0.15, 0.2) is 0 Å². The number of carbonyl (C=O) groups is 1. The van der Waals surface area contributed by atoms with Gasteiger partial charge in [0, 0.05) is 5.69 Å². The van der Waals surface area contributed by atoms with Gasteiger partial charge in [-0.3, -0.25) is 4.79 Å². The zero-order valence-corrected chi connectivity index (χ0v) is 12.1. The third kappa shape index (κ3) is 4.00. The second-order valence-electron chi connectivity index (χ2n) is 4.76. The smallest absolute Gasteiger partial charge is 0.253 e. The van der Waals surface area contributed by atoms with E-state index >= 15 is 0 Å². The number of ether oxygens (including phenoxy) is 1. The monoisotopic (exact) mass is 302 g/mol. The fourth-order valence-corrected chi connectivity index (χ4v) is 2.03. The molecule has 0 spiro atoms. The number of hydrogen-bond donors (Lipinski definition) is 2. The zero-order valence-electron chi connectivity index (χ0n) is 10.6. The summed E-state index contributed by atoms with van der Waals surface area (Å²) >= 11 is 11.8. The summed E-state index contributed by atoms with van der Waals surface area (Å²) in [4.78, 5) is 11.9. The quantitative estimate of drug-likeness (QED) is 0.820. The fraction of sp³-hybridized carbons (Fsp3) is 0.462. The van der Waals surface area contributed by atoms with Crippen LogP contribution in [0.5, 0.6) is 0 Å². The average Bonchev–Trinajstić information content (AvgIpc) is 3.16. The van der Waals surface area contributed by atoms with Crippen molar-refractivity contribution >= 4 is 40.5 Å². The molecule has 2 rings (SSSR count). The minimum atomic E-state index is -0.504. The van der Waals surface area contributed by atoms with Crippen LogP contribution >= 0.6 is 23.2 Å². The van der Waals surface area contributed by atoms with Crippen molar-refractivity contribution < 1.29 is 9.53 Å². The lowest BCUT2D eigenvalue weighted by Gasteiger charge is -2.14. The molecule has 0 saturated heterocycles. The maximum absolute atomic E-state index is 11.9. The second-order valence-corrected chi connectivity index (χ2v) is 5.58. The number of halogens is 2. The van der Waals surface area contributed by atoms with Gasteiger partial charge in [0.1, 0.15) is 6.10 Å². The van der Waals surface area contributed by atoms with Gasteiger partial charge in [-0.25, -0.2) is 0 Å². The first-order valence-electron chi connectivity index (χ1n) is 6.14. The van der Waals surface area contributed by atoms with Crippen LogP contribution in [0.3, 0.4) is 0 Å². The van der Waals surface area contributed by atoms with E-state index in [2.05, 4.69) is 5.32 Å². The number of anilines is 2. The topological polar surface area (TPSA) is 64.3 Å². The number of carbonyl (C=O) groups excluding carboxylic acids is 1. The highest BCUT2D eigenvalue weighted by Crippen LogP contribution is 2.31. The number of nitrogen functional groups attached to an aromatic ring is 1. The number of nitrogens with two attached hydrogens (primary N) is 1. The van der Waals surface area contributed by atoms with Crippen molar-refractivity contribution in [1.82, 2.24) is 0 Å². The van der Waals surface area contributed by atoms with Crippen LogP contribution in [0.25, 0.3) is 0 Å². The summed E-state index contributed by atoms with van der Waals surface area (Å²) in [7, 11) is 0. The standard InChI is InChI=1S/C13H16Cl2N2O2/c1-7(19-6-8-2-3-8)13(18)17-9-4-10(14)12(16)11(15)5-9/h4-5,7-8H,2-3,6,16H2,1H3,(H,17,18). The Morgan fingerprint density at radius 2 is 2.05 bits per heavy atom. The number of benzene rings is 1. The molecule has 1 atom stereocenters. The molecule has 1 amide bonds. The summed E-state index contributed by atoms with van der Waals surface area (Å²) in [5.74, 6) is 0.396. The van der Waals surface area contributed by atoms with E-state index in [4.69, 9.17) is 33.7 Å². The van der Waals surface area contributed by atoms with Crippen LogP contribution in [-0.4, -0.2) is 18.6 Å². The van der Waals surface area contributed by atoms with Crippen molar-refractivity contribution in [2.75, 3.05) is 17.7 Å². The Kier molecular flexibility index (Phi) is 4.55. The van der Waals surface area contributed by atoms with Crippen LogP contribution in [0.2, 0.25) is 10.0 Å². The molecule has 1 aliphatic rings. The van der Waals surface area contributed by atoms with Crippen LogP contribution in [-0.2, 0) is 9.53 Å². The van der Waals surface area contributed by atoms with Crippen molar-refractivity contribution in [2.45, 2.75) is 25.9 Å². The zero-order chi connectivity index (χ0) is 14.0. The Hall–Kier alpha value is -0.970. The van der Waals surface area contributed by atoms with Crippen molar-refractivity contribution in [3.63, 3.8) is 0 Å². The molecule has 1 aromatic rings. The first-order chi connectivity index (χ1) is 8.97. The van der Waals surface area contributed by atoms with Crippen molar-refractivity contribution in [1.29, 1.82) is 0 Å². The molecular weight excluding hydrogens is 287 g/mol. The Balaban J connectivity index is 1.93. The molecular formula is C13H16Cl2N2O2. The first-order valence-corrected chi connectivity index (χ1v) is 6.90. The number of rotatable bonds is 5. The van der Waals surface area contributed by atoms with Gasteiger partial charge in [-0.2, -0.15) is 0 Å². The highest BCUT2D eigenvalue weighted by Gasteiger charge is 2.24. The second kappa shape index (κ2) is 5.99.